The largest absolute Gasteiger partial charge is 0.359 e. The summed E-state index contributed by atoms with van der Waals surface area (Å²) in [6.45, 7) is 5.94. The molecule has 0 unspecified atom stereocenters. The van der Waals surface area contributed by atoms with E-state index < -0.39 is 0 Å². The normalized spacial score (nSPS) is 9.18. The van der Waals surface area contributed by atoms with Crippen molar-refractivity contribution < 1.29 is 0 Å². The third-order valence-electron chi connectivity index (χ3n) is 1.52. The zero-order chi connectivity index (χ0) is 8.10. The van der Waals surface area contributed by atoms with Crippen molar-refractivity contribution in [3.05, 3.63) is 42.6 Å². The minimum absolute atomic E-state index is 0.967. The van der Waals surface area contributed by atoms with Crippen molar-refractivity contribution in [3.63, 3.8) is 0 Å². The molecule has 0 fully saturated rings. The van der Waals surface area contributed by atoms with E-state index in [0.717, 1.165) is 17.8 Å². The van der Waals surface area contributed by atoms with Gasteiger partial charge in [-0.25, -0.2) is 0 Å². The van der Waals surface area contributed by atoms with Crippen LogP contribution in [0.1, 0.15) is 13.3 Å². The summed E-state index contributed by atoms with van der Waals surface area (Å²) in [5.41, 5.74) is 2.16. The van der Waals surface area contributed by atoms with E-state index in [2.05, 4.69) is 18.8 Å². The molecule has 0 aromatic heterocycles. The lowest BCUT2D eigenvalue weighted by molar-refractivity contribution is 1.11. The smallest absolute Gasteiger partial charge is 0.0381 e. The number of benzene rings is 1. The lowest BCUT2D eigenvalue weighted by atomic mass is 10.3. The summed E-state index contributed by atoms with van der Waals surface area (Å²) in [5, 5.41) is 3.20. The van der Waals surface area contributed by atoms with Crippen LogP contribution in [-0.2, 0) is 0 Å². The second kappa shape index (κ2) is 3.81. The molecule has 1 nitrogen and oxygen atoms in total. The van der Waals surface area contributed by atoms with Gasteiger partial charge in [0, 0.05) is 11.4 Å². The van der Waals surface area contributed by atoms with Gasteiger partial charge in [-0.15, -0.1) is 0 Å². The number of allylic oxidation sites excluding steroid dienone is 1. The van der Waals surface area contributed by atoms with E-state index in [1.165, 1.54) is 0 Å². The van der Waals surface area contributed by atoms with Crippen LogP contribution in [0.5, 0.6) is 0 Å². The highest BCUT2D eigenvalue weighted by Crippen LogP contribution is 2.08. The highest BCUT2D eigenvalue weighted by atomic mass is 14.9. The first-order valence-electron chi connectivity index (χ1n) is 3.82. The Bertz CT molecular complexity index is 226. The molecule has 0 heterocycles. The highest BCUT2D eigenvalue weighted by Gasteiger charge is 1.89. The second-order valence-electron chi connectivity index (χ2n) is 2.45. The fraction of sp³-hybridized carbons (Fsp3) is 0.200. The quantitative estimate of drug-likeness (QED) is 0.693. The van der Waals surface area contributed by atoms with Crippen LogP contribution in [0.15, 0.2) is 42.6 Å². The van der Waals surface area contributed by atoms with Crippen molar-refractivity contribution in [1.82, 2.24) is 0 Å². The van der Waals surface area contributed by atoms with Crippen LogP contribution in [0.3, 0.4) is 0 Å². The third-order valence-corrected chi connectivity index (χ3v) is 1.52. The van der Waals surface area contributed by atoms with E-state index in [4.69, 9.17) is 0 Å². The molecule has 1 heteroatoms. The fourth-order valence-corrected chi connectivity index (χ4v) is 0.814. The lowest BCUT2D eigenvalue weighted by Gasteiger charge is -2.05. The molecular formula is C10H13N. The zero-order valence-electron chi connectivity index (χ0n) is 6.80. The highest BCUT2D eigenvalue weighted by molar-refractivity contribution is 5.46. The SMILES string of the molecule is C=C(CC)Nc1ccccc1. The first-order valence-corrected chi connectivity index (χ1v) is 3.82. The standard InChI is InChI=1S/C10H13N/c1-3-9(2)11-10-7-5-4-6-8-10/h4-8,11H,2-3H2,1H3. The number of hydrogen-bond acceptors (Lipinski definition) is 1. The van der Waals surface area contributed by atoms with Crippen LogP contribution in [0.4, 0.5) is 5.69 Å². The molecule has 0 bridgehead atoms. The maximum absolute atomic E-state index is 3.86. The Morgan fingerprint density at radius 2 is 2.00 bits per heavy atom. The van der Waals surface area contributed by atoms with E-state index >= 15 is 0 Å². The zero-order valence-corrected chi connectivity index (χ0v) is 6.80. The van der Waals surface area contributed by atoms with Crippen molar-refractivity contribution >= 4 is 5.69 Å². The summed E-state index contributed by atoms with van der Waals surface area (Å²) < 4.78 is 0. The van der Waals surface area contributed by atoms with Crippen molar-refractivity contribution in [2.24, 2.45) is 0 Å². The number of para-hydroxylation sites is 1. The Kier molecular flexibility index (Phi) is 2.73. The van der Waals surface area contributed by atoms with Crippen molar-refractivity contribution in [2.45, 2.75) is 13.3 Å². The molecule has 0 atom stereocenters. The molecule has 11 heavy (non-hydrogen) atoms. The predicted molar refractivity (Wildman–Crippen MR) is 49.5 cm³/mol. The van der Waals surface area contributed by atoms with Gasteiger partial charge in [0.1, 0.15) is 0 Å². The van der Waals surface area contributed by atoms with Crippen LogP contribution >= 0.6 is 0 Å². The van der Waals surface area contributed by atoms with Gasteiger partial charge in [0.05, 0.1) is 0 Å². The van der Waals surface area contributed by atoms with Gasteiger partial charge in [-0.1, -0.05) is 31.7 Å². The molecule has 58 valence electrons. The van der Waals surface area contributed by atoms with Crippen molar-refractivity contribution in [1.29, 1.82) is 0 Å². The van der Waals surface area contributed by atoms with Crippen molar-refractivity contribution in [3.8, 4) is 0 Å². The molecular weight excluding hydrogens is 134 g/mol. The first kappa shape index (κ1) is 7.86. The second-order valence-corrected chi connectivity index (χ2v) is 2.45. The number of anilines is 1. The summed E-state index contributed by atoms with van der Waals surface area (Å²) in [4.78, 5) is 0. The van der Waals surface area contributed by atoms with Crippen LogP contribution in [0.25, 0.3) is 0 Å². The molecule has 1 N–H and O–H groups in total. The molecule has 0 aliphatic carbocycles. The van der Waals surface area contributed by atoms with Gasteiger partial charge in [-0.3, -0.25) is 0 Å². The summed E-state index contributed by atoms with van der Waals surface area (Å²) >= 11 is 0. The summed E-state index contributed by atoms with van der Waals surface area (Å²) in [5.74, 6) is 0. The summed E-state index contributed by atoms with van der Waals surface area (Å²) in [7, 11) is 0. The van der Waals surface area contributed by atoms with Gasteiger partial charge in [0.2, 0.25) is 0 Å². The third kappa shape index (κ3) is 2.46. The van der Waals surface area contributed by atoms with Crippen LogP contribution in [0, 0.1) is 0 Å². The van der Waals surface area contributed by atoms with Crippen LogP contribution in [0.2, 0.25) is 0 Å². The van der Waals surface area contributed by atoms with E-state index in [1.807, 2.05) is 30.3 Å². The van der Waals surface area contributed by atoms with E-state index in [9.17, 15) is 0 Å². The molecule has 0 aliphatic heterocycles. The average Bonchev–Trinajstić information content (AvgIpc) is 2.06. The van der Waals surface area contributed by atoms with Crippen LogP contribution < -0.4 is 5.32 Å². The Hall–Kier alpha value is -1.24. The minimum Gasteiger partial charge on any atom is -0.359 e. The number of nitrogens with one attached hydrogen (secondary N) is 1. The van der Waals surface area contributed by atoms with Gasteiger partial charge < -0.3 is 5.32 Å². The molecule has 0 saturated heterocycles. The maximum Gasteiger partial charge on any atom is 0.0381 e. The van der Waals surface area contributed by atoms with Crippen molar-refractivity contribution in [2.75, 3.05) is 5.32 Å². The Morgan fingerprint density at radius 3 is 2.55 bits per heavy atom. The first-order chi connectivity index (χ1) is 5.33. The summed E-state index contributed by atoms with van der Waals surface area (Å²) in [6.07, 6.45) is 0.967. The monoisotopic (exact) mass is 147 g/mol. The molecule has 0 spiro atoms. The molecule has 1 aromatic carbocycles. The Morgan fingerprint density at radius 1 is 1.36 bits per heavy atom. The molecule has 0 radical (unpaired) electrons. The van der Waals surface area contributed by atoms with Gasteiger partial charge in [0.15, 0.2) is 0 Å². The molecule has 0 saturated carbocycles. The number of rotatable bonds is 3. The van der Waals surface area contributed by atoms with E-state index in [1.54, 1.807) is 0 Å². The molecule has 1 aromatic rings. The van der Waals surface area contributed by atoms with Crippen LogP contribution in [-0.4, -0.2) is 0 Å². The van der Waals surface area contributed by atoms with Gasteiger partial charge in [-0.05, 0) is 18.6 Å². The Labute approximate surface area is 67.8 Å². The fourth-order valence-electron chi connectivity index (χ4n) is 0.814. The van der Waals surface area contributed by atoms with E-state index in [0.29, 0.717) is 0 Å². The lowest BCUT2D eigenvalue weighted by Crippen LogP contribution is -1.95. The molecule has 0 amide bonds. The molecule has 0 aliphatic rings. The molecule has 1 rings (SSSR count). The van der Waals surface area contributed by atoms with E-state index in [-0.39, 0.29) is 0 Å². The topological polar surface area (TPSA) is 12.0 Å². The predicted octanol–water partition coefficient (Wildman–Crippen LogP) is 3.02. The van der Waals surface area contributed by atoms with Gasteiger partial charge >= 0.3 is 0 Å². The summed E-state index contributed by atoms with van der Waals surface area (Å²) in [6, 6.07) is 10.1. The van der Waals surface area contributed by atoms with Gasteiger partial charge in [0.25, 0.3) is 0 Å². The number of hydrogen-bond donors (Lipinski definition) is 1. The maximum atomic E-state index is 3.86. The van der Waals surface area contributed by atoms with Gasteiger partial charge in [-0.2, -0.15) is 0 Å². The minimum atomic E-state index is 0.967. The Balaban J connectivity index is 2.58. The average molecular weight is 147 g/mol.